The predicted octanol–water partition coefficient (Wildman–Crippen LogP) is 3.94. The first kappa shape index (κ1) is 39.3. The van der Waals surface area contributed by atoms with Crippen LogP contribution in [-0.4, -0.2) is 104 Å². The van der Waals surface area contributed by atoms with Crippen molar-refractivity contribution in [1.29, 1.82) is 0 Å². The molecule has 0 saturated carbocycles. The summed E-state index contributed by atoms with van der Waals surface area (Å²) < 4.78 is 36.9. The van der Waals surface area contributed by atoms with E-state index in [-0.39, 0.29) is 27.9 Å². The van der Waals surface area contributed by atoms with E-state index in [0.29, 0.717) is 16.3 Å². The van der Waals surface area contributed by atoms with Gasteiger partial charge in [0.05, 0.1) is 16.7 Å². The van der Waals surface area contributed by atoms with E-state index in [9.17, 15) is 33.6 Å². The lowest BCUT2D eigenvalue weighted by Gasteiger charge is -2.44. The topological polar surface area (TPSA) is 201 Å². The summed E-state index contributed by atoms with van der Waals surface area (Å²) >= 11 is 0. The van der Waals surface area contributed by atoms with Crippen LogP contribution in [0.1, 0.15) is 65.8 Å². The van der Waals surface area contributed by atoms with E-state index < -0.39 is 84.6 Å². The molecule has 4 aromatic rings. The van der Waals surface area contributed by atoms with Gasteiger partial charge >= 0.3 is 30.0 Å². The fraction of sp³-hybridized carbons (Fsp3) is 0.385. The highest BCUT2D eigenvalue weighted by Gasteiger charge is 2.53. The average molecular weight is 773 g/mol. The van der Waals surface area contributed by atoms with Crippen molar-refractivity contribution in [3.63, 3.8) is 0 Å². The van der Waals surface area contributed by atoms with Crippen molar-refractivity contribution in [2.24, 2.45) is 0 Å². The number of hydrogen-bond acceptors (Lipinski definition) is 14. The highest BCUT2D eigenvalue weighted by molar-refractivity contribution is 6.50. The second-order valence-corrected chi connectivity index (χ2v) is 14.2. The third-order valence-electron chi connectivity index (χ3n) is 8.96. The summed E-state index contributed by atoms with van der Waals surface area (Å²) in [7, 11) is 1.33. The molecule has 0 bridgehead atoms. The Morgan fingerprint density at radius 3 is 1.93 bits per heavy atom. The first-order valence-corrected chi connectivity index (χ1v) is 17.5. The lowest BCUT2D eigenvalue weighted by atomic mass is 9.96. The number of amides is 2. The predicted molar refractivity (Wildman–Crippen MR) is 195 cm³/mol. The van der Waals surface area contributed by atoms with Gasteiger partial charge in [0.25, 0.3) is 11.8 Å². The first-order chi connectivity index (χ1) is 26.4. The Balaban J connectivity index is 1.59. The maximum Gasteiger partial charge on any atom is 0.419 e. The van der Waals surface area contributed by atoms with Gasteiger partial charge in [-0.3, -0.25) is 38.2 Å². The van der Waals surface area contributed by atoms with Crippen molar-refractivity contribution in [3.8, 4) is 0 Å². The first-order valence-electron chi connectivity index (χ1n) is 17.5. The molecule has 1 aromatic carbocycles. The third kappa shape index (κ3) is 7.49. The number of pyridine rings is 1. The molecule has 5 heterocycles. The molecule has 1 fully saturated rings. The number of imide groups is 1. The minimum Gasteiger partial charge on any atom is -0.463 e. The fourth-order valence-corrected chi connectivity index (χ4v) is 6.89. The number of ether oxygens (including phenoxy) is 6. The van der Waals surface area contributed by atoms with Crippen molar-refractivity contribution < 1.29 is 62.0 Å². The van der Waals surface area contributed by atoms with Crippen LogP contribution in [0.5, 0.6) is 0 Å². The SMILES string of the molecule is CC(=O)OC[C@H]1O[C@@H](n2cc(C3=C(c4cn(C(=O)OC(C)(C)C)c5ccccc45)C(=O)N(C)C3=O)c3cccnc32)[C@H](OC(C)=O)[C@@H](OC(C)=O)[C@@H]1OC(C)=O. The van der Waals surface area contributed by atoms with E-state index >= 15 is 0 Å². The molecule has 0 spiro atoms. The van der Waals surface area contributed by atoms with Crippen LogP contribution in [0, 0.1) is 0 Å². The standard InChI is InChI=1S/C39H40N4O13/c1-19(44)51-18-28-31(52-20(2)45)32(53-21(3)46)33(54-22(4)47)37(55-28)43-17-26(24-13-11-15-40-34(24)43)30-29(35(48)41(8)36(30)49)25-16-42(38(50)56-39(5,6)7)27-14-10-9-12-23(25)27/h9-17,28,31-33,37H,18H2,1-8H3/t28-,31-,32+,33-,37-/m1/s1. The molecular weight excluding hydrogens is 732 g/mol. The second-order valence-electron chi connectivity index (χ2n) is 14.2. The number of rotatable bonds is 8. The minimum atomic E-state index is -1.50. The number of hydrogen-bond donors (Lipinski definition) is 0. The molecule has 2 amide bonds. The summed E-state index contributed by atoms with van der Waals surface area (Å²) in [6.45, 7) is 9.21. The Kier molecular flexibility index (Phi) is 10.6. The summed E-state index contributed by atoms with van der Waals surface area (Å²) in [6, 6.07) is 10.1. The Labute approximate surface area is 320 Å². The summed E-state index contributed by atoms with van der Waals surface area (Å²) in [5.74, 6) is -4.41. The van der Waals surface area contributed by atoms with Gasteiger partial charge in [-0.05, 0) is 39.0 Å². The molecule has 17 heteroatoms. The number of esters is 4. The summed E-state index contributed by atoms with van der Waals surface area (Å²) in [5.41, 5.74) is 0.221. The number of carbonyl (C=O) groups excluding carboxylic acids is 7. The molecular formula is C39H40N4O13. The molecule has 0 unspecified atom stereocenters. The minimum absolute atomic E-state index is 0.0135. The normalized spacial score (nSPS) is 21.4. The Morgan fingerprint density at radius 1 is 0.750 bits per heavy atom. The van der Waals surface area contributed by atoms with Gasteiger partial charge in [-0.1, -0.05) is 18.2 Å². The zero-order valence-corrected chi connectivity index (χ0v) is 31.9. The lowest BCUT2D eigenvalue weighted by Crippen LogP contribution is -2.60. The van der Waals surface area contributed by atoms with Gasteiger partial charge in [0.2, 0.25) is 0 Å². The third-order valence-corrected chi connectivity index (χ3v) is 8.96. The van der Waals surface area contributed by atoms with Crippen LogP contribution in [0.2, 0.25) is 0 Å². The second kappa shape index (κ2) is 15.1. The van der Waals surface area contributed by atoms with Crippen molar-refractivity contribution >= 4 is 74.9 Å². The number of aromatic nitrogens is 3. The Bertz CT molecular complexity index is 2330. The molecule has 0 radical (unpaired) electrons. The smallest absolute Gasteiger partial charge is 0.419 e. The largest absolute Gasteiger partial charge is 0.463 e. The average Bonchev–Trinajstić information content (AvgIpc) is 3.74. The maximum atomic E-state index is 14.2. The summed E-state index contributed by atoms with van der Waals surface area (Å²) in [4.78, 5) is 96.6. The van der Waals surface area contributed by atoms with Crippen LogP contribution < -0.4 is 0 Å². The van der Waals surface area contributed by atoms with Crippen molar-refractivity contribution in [1.82, 2.24) is 19.0 Å². The number of nitrogens with zero attached hydrogens (tertiary/aromatic N) is 4. The van der Waals surface area contributed by atoms with E-state index in [1.165, 1.54) is 34.8 Å². The number of benzene rings is 1. The molecule has 0 aliphatic carbocycles. The zero-order valence-electron chi connectivity index (χ0n) is 31.9. The summed E-state index contributed by atoms with van der Waals surface area (Å²) in [5, 5.41) is 0.851. The van der Waals surface area contributed by atoms with Crippen LogP contribution in [0.4, 0.5) is 4.79 Å². The molecule has 17 nitrogen and oxygen atoms in total. The highest BCUT2D eigenvalue weighted by atomic mass is 16.7. The monoisotopic (exact) mass is 772 g/mol. The molecule has 0 N–H and O–H groups in total. The maximum absolute atomic E-state index is 14.2. The van der Waals surface area contributed by atoms with Gasteiger partial charge in [-0.15, -0.1) is 0 Å². The highest BCUT2D eigenvalue weighted by Crippen LogP contribution is 2.43. The number of para-hydroxylation sites is 1. The van der Waals surface area contributed by atoms with Crippen molar-refractivity contribution in [3.05, 3.63) is 66.1 Å². The van der Waals surface area contributed by atoms with Gasteiger partial charge in [-0.2, -0.15) is 0 Å². The van der Waals surface area contributed by atoms with Gasteiger partial charge in [0.15, 0.2) is 24.5 Å². The quantitative estimate of drug-likeness (QED) is 0.142. The van der Waals surface area contributed by atoms with Gasteiger partial charge < -0.3 is 33.0 Å². The van der Waals surface area contributed by atoms with Crippen LogP contribution in [0.25, 0.3) is 33.1 Å². The molecule has 1 saturated heterocycles. The molecule has 6 rings (SSSR count). The molecule has 3 aromatic heterocycles. The Hall–Kier alpha value is -6.36. The molecule has 2 aliphatic rings. The zero-order chi connectivity index (χ0) is 40.8. The van der Waals surface area contributed by atoms with E-state index in [4.69, 9.17) is 28.4 Å². The van der Waals surface area contributed by atoms with E-state index in [0.717, 1.165) is 32.6 Å². The lowest BCUT2D eigenvalue weighted by molar-refractivity contribution is -0.267. The van der Waals surface area contributed by atoms with Crippen LogP contribution in [0.15, 0.2) is 55.0 Å². The molecule has 2 aliphatic heterocycles. The van der Waals surface area contributed by atoms with Crippen molar-refractivity contribution in [2.45, 2.75) is 84.7 Å². The van der Waals surface area contributed by atoms with Crippen LogP contribution >= 0.6 is 0 Å². The van der Waals surface area contributed by atoms with Crippen LogP contribution in [-0.2, 0) is 57.2 Å². The number of carbonyl (C=O) groups is 7. The van der Waals surface area contributed by atoms with E-state index in [1.807, 2.05) is 0 Å². The molecule has 5 atom stereocenters. The molecule has 56 heavy (non-hydrogen) atoms. The molecule has 294 valence electrons. The van der Waals surface area contributed by atoms with Crippen LogP contribution in [0.3, 0.4) is 0 Å². The number of likely N-dealkylation sites (N-methyl/N-ethyl adjacent to an activating group) is 1. The van der Waals surface area contributed by atoms with E-state index in [1.54, 1.807) is 57.2 Å². The summed E-state index contributed by atoms with van der Waals surface area (Å²) in [6.07, 6.45) is -3.39. The number of fused-ring (bicyclic) bond motifs is 2. The van der Waals surface area contributed by atoms with Crippen molar-refractivity contribution in [2.75, 3.05) is 13.7 Å². The van der Waals surface area contributed by atoms with Gasteiger partial charge in [0, 0.05) is 75.2 Å². The van der Waals surface area contributed by atoms with Gasteiger partial charge in [0.1, 0.15) is 24.0 Å². The van der Waals surface area contributed by atoms with E-state index in [2.05, 4.69) is 4.98 Å². The fourth-order valence-electron chi connectivity index (χ4n) is 6.89. The van der Waals surface area contributed by atoms with Gasteiger partial charge in [-0.25, -0.2) is 9.78 Å². The Morgan fingerprint density at radius 2 is 1.32 bits per heavy atom.